The molecule has 2 saturated heterocycles. The average molecular weight is 466 g/mol. The zero-order valence-corrected chi connectivity index (χ0v) is 18.9. The van der Waals surface area contributed by atoms with Crippen LogP contribution in [0.15, 0.2) is 30.3 Å². The molecule has 2 aromatic rings. The molecule has 2 fully saturated rings. The van der Waals surface area contributed by atoms with Gasteiger partial charge in [0, 0.05) is 48.5 Å². The van der Waals surface area contributed by atoms with E-state index in [0.717, 1.165) is 37.6 Å². The van der Waals surface area contributed by atoms with Crippen LogP contribution in [-0.2, 0) is 6.42 Å². The molecule has 5 nitrogen and oxygen atoms in total. The van der Waals surface area contributed by atoms with E-state index in [0.29, 0.717) is 40.7 Å². The number of fused-ring (bicyclic) bond motifs is 1. The first-order valence-electron chi connectivity index (χ1n) is 10.7. The number of aliphatic hydroxyl groups excluding tert-OH is 1. The highest BCUT2D eigenvalue weighted by molar-refractivity contribution is 6.32. The second kappa shape index (κ2) is 8.41. The molecular formula is C23H26Cl2FN3O2. The summed E-state index contributed by atoms with van der Waals surface area (Å²) in [5, 5.41) is 10.9. The number of aliphatic hydroxyl groups is 1. The number of likely N-dealkylation sites (N-methyl/N-ethyl adjacent to an activating group) is 1. The third-order valence-corrected chi connectivity index (χ3v) is 7.16. The van der Waals surface area contributed by atoms with Crippen molar-refractivity contribution < 1.29 is 14.2 Å². The van der Waals surface area contributed by atoms with E-state index in [2.05, 4.69) is 21.7 Å². The number of ether oxygens (including phenoxy) is 1. The van der Waals surface area contributed by atoms with Gasteiger partial charge < -0.3 is 14.7 Å². The lowest BCUT2D eigenvalue weighted by molar-refractivity contribution is 0.0819. The maximum absolute atomic E-state index is 14.7. The van der Waals surface area contributed by atoms with Gasteiger partial charge in [0.15, 0.2) is 0 Å². The molecule has 3 atom stereocenters. The summed E-state index contributed by atoms with van der Waals surface area (Å²) >= 11 is 12.7. The van der Waals surface area contributed by atoms with Gasteiger partial charge in [-0.2, -0.15) is 0 Å². The monoisotopic (exact) mass is 465 g/mol. The van der Waals surface area contributed by atoms with E-state index in [1.165, 1.54) is 6.07 Å². The third kappa shape index (κ3) is 4.12. The molecule has 0 amide bonds. The largest absolute Gasteiger partial charge is 0.482 e. The summed E-state index contributed by atoms with van der Waals surface area (Å²) in [6.45, 7) is 4.11. The molecule has 3 aliphatic rings. The number of nitrogens with zero attached hydrogens (tertiary/aromatic N) is 3. The molecule has 2 aliphatic heterocycles. The number of hydrogen-bond acceptors (Lipinski definition) is 5. The summed E-state index contributed by atoms with van der Waals surface area (Å²) in [6.07, 6.45) is 0.449. The van der Waals surface area contributed by atoms with Crippen LogP contribution in [0, 0.1) is 5.82 Å². The van der Waals surface area contributed by atoms with E-state index >= 15 is 0 Å². The molecule has 0 unspecified atom stereocenters. The second-order valence-corrected chi connectivity index (χ2v) is 9.65. The summed E-state index contributed by atoms with van der Waals surface area (Å²) in [6, 6.07) is 8.89. The van der Waals surface area contributed by atoms with Gasteiger partial charge in [0.05, 0.1) is 23.8 Å². The molecule has 1 aliphatic carbocycles. The number of β-amino-alcohol motifs (C(OH)–C–C–N with tert-alkyl or cyclic N) is 1. The van der Waals surface area contributed by atoms with Crippen molar-refractivity contribution in [3.05, 3.63) is 57.3 Å². The molecule has 0 saturated carbocycles. The molecule has 0 radical (unpaired) electrons. The summed E-state index contributed by atoms with van der Waals surface area (Å²) in [7, 11) is 2.09. The Labute approximate surface area is 191 Å². The molecule has 31 heavy (non-hydrogen) atoms. The van der Waals surface area contributed by atoms with E-state index in [1.54, 1.807) is 6.07 Å². The molecule has 2 aromatic carbocycles. The fourth-order valence-electron chi connectivity index (χ4n) is 5.00. The molecule has 2 heterocycles. The van der Waals surface area contributed by atoms with E-state index in [4.69, 9.17) is 27.9 Å². The van der Waals surface area contributed by atoms with Gasteiger partial charge >= 0.3 is 0 Å². The van der Waals surface area contributed by atoms with Crippen LogP contribution < -0.4 is 9.64 Å². The van der Waals surface area contributed by atoms with Gasteiger partial charge in [-0.05, 0) is 49.7 Å². The smallest absolute Gasteiger partial charge is 0.140 e. The molecule has 8 heteroatoms. The average Bonchev–Trinajstić information content (AvgIpc) is 3.43. The summed E-state index contributed by atoms with van der Waals surface area (Å²) in [5.41, 5.74) is 2.44. The fraction of sp³-hybridized carbons (Fsp3) is 0.478. The lowest BCUT2D eigenvalue weighted by Gasteiger charge is -2.30. The number of likely N-dealkylation sites (tertiary alicyclic amines) is 1. The van der Waals surface area contributed by atoms with Crippen LogP contribution in [0.25, 0.3) is 0 Å². The Hall–Kier alpha value is -1.57. The lowest BCUT2D eigenvalue weighted by atomic mass is 10.1. The minimum Gasteiger partial charge on any atom is -0.482 e. The Bertz CT molecular complexity index is 992. The Morgan fingerprint density at radius 1 is 1.13 bits per heavy atom. The highest BCUT2D eigenvalue weighted by Crippen LogP contribution is 2.43. The normalized spacial score (nSPS) is 26.6. The van der Waals surface area contributed by atoms with Gasteiger partial charge in [-0.1, -0.05) is 23.2 Å². The van der Waals surface area contributed by atoms with Crippen molar-refractivity contribution in [2.24, 2.45) is 0 Å². The van der Waals surface area contributed by atoms with Gasteiger partial charge in [-0.15, -0.1) is 0 Å². The number of halogens is 3. The quantitative estimate of drug-likeness (QED) is 0.739. The maximum Gasteiger partial charge on any atom is 0.140 e. The van der Waals surface area contributed by atoms with Crippen molar-refractivity contribution in [2.45, 2.75) is 31.1 Å². The topological polar surface area (TPSA) is 39.2 Å². The molecule has 0 spiro atoms. The standard InChI is InChI=1S/C23H26Cl2FN3O2/c1-27-6-7-29(13-27)15-2-3-19(25)22(10-15)31-23-18-8-14(24)9-20(26)17(18)11-21(23)28-5-4-16(30)12-28/h2-3,8-10,16,21,23,30H,4-7,11-13H2,1H3/t16-,21+,23+/m1/s1. The third-order valence-electron chi connectivity index (χ3n) is 6.63. The molecular weight excluding hydrogens is 440 g/mol. The van der Waals surface area contributed by atoms with Crippen LogP contribution >= 0.6 is 23.2 Å². The predicted octanol–water partition coefficient (Wildman–Crippen LogP) is 3.95. The number of anilines is 1. The molecule has 5 rings (SSSR count). The highest BCUT2D eigenvalue weighted by Gasteiger charge is 2.42. The van der Waals surface area contributed by atoms with Crippen LogP contribution in [0.4, 0.5) is 10.1 Å². The van der Waals surface area contributed by atoms with Crippen molar-refractivity contribution >= 4 is 28.9 Å². The Morgan fingerprint density at radius 3 is 2.68 bits per heavy atom. The summed E-state index contributed by atoms with van der Waals surface area (Å²) < 4.78 is 21.2. The van der Waals surface area contributed by atoms with Crippen LogP contribution in [0.2, 0.25) is 10.0 Å². The first-order valence-corrected chi connectivity index (χ1v) is 11.4. The number of benzene rings is 2. The van der Waals surface area contributed by atoms with Crippen LogP contribution in [0.1, 0.15) is 23.7 Å². The fourth-order valence-corrected chi connectivity index (χ4v) is 5.37. The van der Waals surface area contributed by atoms with Crippen LogP contribution in [0.5, 0.6) is 5.75 Å². The first kappa shape index (κ1) is 21.3. The van der Waals surface area contributed by atoms with Crippen molar-refractivity contribution in [2.75, 3.05) is 44.8 Å². The number of hydrogen-bond donors (Lipinski definition) is 1. The minimum absolute atomic E-state index is 0.0854. The van der Waals surface area contributed by atoms with Gasteiger partial charge in [0.2, 0.25) is 0 Å². The highest BCUT2D eigenvalue weighted by atomic mass is 35.5. The van der Waals surface area contributed by atoms with E-state index in [1.807, 2.05) is 18.2 Å². The number of rotatable bonds is 4. The Morgan fingerprint density at radius 2 is 1.97 bits per heavy atom. The lowest BCUT2D eigenvalue weighted by Crippen LogP contribution is -2.39. The van der Waals surface area contributed by atoms with Gasteiger partial charge in [0.1, 0.15) is 17.7 Å². The molecule has 166 valence electrons. The zero-order valence-electron chi connectivity index (χ0n) is 17.4. The van der Waals surface area contributed by atoms with Crippen LogP contribution in [0.3, 0.4) is 0 Å². The van der Waals surface area contributed by atoms with Gasteiger partial charge in [0.25, 0.3) is 0 Å². The second-order valence-electron chi connectivity index (χ2n) is 8.80. The molecule has 0 aromatic heterocycles. The van der Waals surface area contributed by atoms with Crippen molar-refractivity contribution in [3.8, 4) is 5.75 Å². The zero-order chi connectivity index (χ0) is 21.7. The van der Waals surface area contributed by atoms with E-state index < -0.39 is 6.10 Å². The van der Waals surface area contributed by atoms with Crippen molar-refractivity contribution in [3.63, 3.8) is 0 Å². The predicted molar refractivity (Wildman–Crippen MR) is 121 cm³/mol. The van der Waals surface area contributed by atoms with Gasteiger partial charge in [-0.25, -0.2) is 4.39 Å². The van der Waals surface area contributed by atoms with E-state index in [-0.39, 0.29) is 18.0 Å². The Balaban J connectivity index is 1.48. The summed E-state index contributed by atoms with van der Waals surface area (Å²) in [4.78, 5) is 6.72. The van der Waals surface area contributed by atoms with Crippen molar-refractivity contribution in [1.82, 2.24) is 9.80 Å². The summed E-state index contributed by atoms with van der Waals surface area (Å²) in [5.74, 6) is 0.273. The SMILES string of the molecule is CN1CCN(c2ccc(Cl)c(O[C@H]3c4cc(Cl)cc(F)c4C[C@@H]3N3CC[C@@H](O)C3)c2)C1. The Kier molecular flexibility index (Phi) is 5.78. The van der Waals surface area contributed by atoms with Gasteiger partial charge in [-0.3, -0.25) is 9.80 Å². The first-order chi connectivity index (χ1) is 14.9. The molecule has 0 bridgehead atoms. The minimum atomic E-state index is -0.414. The van der Waals surface area contributed by atoms with E-state index in [9.17, 15) is 9.50 Å². The van der Waals surface area contributed by atoms with Crippen LogP contribution in [-0.4, -0.2) is 66.9 Å². The molecule has 1 N–H and O–H groups in total. The van der Waals surface area contributed by atoms with Crippen molar-refractivity contribution in [1.29, 1.82) is 0 Å². The maximum atomic E-state index is 14.7.